The van der Waals surface area contributed by atoms with Crippen molar-refractivity contribution in [3.63, 3.8) is 0 Å². The molecule has 160 valence electrons. The fourth-order valence-corrected chi connectivity index (χ4v) is 4.52. The highest BCUT2D eigenvalue weighted by Gasteiger charge is 2.34. The van der Waals surface area contributed by atoms with Gasteiger partial charge in [-0.05, 0) is 68.1 Å². The van der Waals surface area contributed by atoms with Gasteiger partial charge in [0.1, 0.15) is 0 Å². The number of nitrogens with zero attached hydrogens (tertiary/aromatic N) is 3. The van der Waals surface area contributed by atoms with Gasteiger partial charge < -0.3 is 9.47 Å². The van der Waals surface area contributed by atoms with E-state index in [-0.39, 0.29) is 11.4 Å². The average Bonchev–Trinajstić information content (AvgIpc) is 3.27. The zero-order valence-electron chi connectivity index (χ0n) is 18.3. The molecule has 0 spiro atoms. The third-order valence-corrected chi connectivity index (χ3v) is 6.48. The molecule has 5 nitrogen and oxygen atoms in total. The molecule has 1 aromatic heterocycles. The average molecular weight is 435 g/mol. The summed E-state index contributed by atoms with van der Waals surface area (Å²) in [5.41, 5.74) is 7.24. The second-order valence-electron chi connectivity index (χ2n) is 8.72. The maximum atomic E-state index is 12.8. The largest absolute Gasteiger partial charge is 0.369 e. The summed E-state index contributed by atoms with van der Waals surface area (Å²) >= 11 is 6.56. The van der Waals surface area contributed by atoms with Crippen molar-refractivity contribution in [1.29, 1.82) is 0 Å². The lowest BCUT2D eigenvalue weighted by Crippen LogP contribution is -2.45. The van der Waals surface area contributed by atoms with Crippen molar-refractivity contribution in [2.24, 2.45) is 5.10 Å². The number of fused-ring (bicyclic) bond motifs is 1. The number of anilines is 1. The Morgan fingerprint density at radius 1 is 1.16 bits per heavy atom. The molecule has 6 heteroatoms. The molecular weight excluding hydrogens is 408 g/mol. The lowest BCUT2D eigenvalue weighted by Gasteiger charge is -2.45. The minimum atomic E-state index is -0.274. The van der Waals surface area contributed by atoms with Crippen LogP contribution in [-0.2, 0) is 0 Å². The Hall–Kier alpha value is -3.05. The van der Waals surface area contributed by atoms with Crippen LogP contribution in [0, 0.1) is 0 Å². The fourth-order valence-electron chi connectivity index (χ4n) is 4.31. The smallest absolute Gasteiger partial charge is 0.273 e. The third kappa shape index (κ3) is 4.10. The van der Waals surface area contributed by atoms with Gasteiger partial charge in [-0.15, -0.1) is 0 Å². The van der Waals surface area contributed by atoms with Gasteiger partial charge in [-0.1, -0.05) is 30.7 Å². The van der Waals surface area contributed by atoms with Gasteiger partial charge >= 0.3 is 0 Å². The predicted molar refractivity (Wildman–Crippen MR) is 128 cm³/mol. The number of benzene rings is 2. The molecule has 0 aliphatic carbocycles. The molecule has 0 saturated heterocycles. The van der Waals surface area contributed by atoms with E-state index in [2.05, 4.69) is 49.3 Å². The lowest BCUT2D eigenvalue weighted by molar-refractivity contribution is 0.0955. The van der Waals surface area contributed by atoms with E-state index in [4.69, 9.17) is 11.6 Å². The van der Waals surface area contributed by atoms with Crippen LogP contribution in [0.25, 0.3) is 5.69 Å². The molecule has 31 heavy (non-hydrogen) atoms. The molecule has 2 heterocycles. The summed E-state index contributed by atoms with van der Waals surface area (Å²) in [5.74, 6) is 0.137. The van der Waals surface area contributed by atoms with E-state index in [1.165, 1.54) is 5.56 Å². The molecule has 4 rings (SSSR count). The fraction of sp³-hybridized carbons (Fsp3) is 0.280. The number of nitrogens with one attached hydrogen (secondary N) is 1. The third-order valence-electron chi connectivity index (χ3n) is 6.15. The van der Waals surface area contributed by atoms with E-state index in [1.54, 1.807) is 12.3 Å². The van der Waals surface area contributed by atoms with Crippen molar-refractivity contribution in [1.82, 2.24) is 9.99 Å². The van der Waals surface area contributed by atoms with Crippen LogP contribution in [0.2, 0.25) is 5.02 Å². The number of hydrogen-bond acceptors (Lipinski definition) is 3. The Morgan fingerprint density at radius 3 is 2.61 bits per heavy atom. The van der Waals surface area contributed by atoms with Crippen molar-refractivity contribution in [3.8, 4) is 5.69 Å². The molecule has 1 atom stereocenters. The van der Waals surface area contributed by atoms with Gasteiger partial charge in [0.2, 0.25) is 0 Å². The van der Waals surface area contributed by atoms with Crippen LogP contribution in [0.3, 0.4) is 0 Å². The first kappa shape index (κ1) is 21.2. The second kappa shape index (κ2) is 8.23. The lowest BCUT2D eigenvalue weighted by atomic mass is 9.80. The Balaban J connectivity index is 1.56. The molecular formula is C25H27ClN4O. The Kier molecular flexibility index (Phi) is 5.63. The molecule has 1 aliphatic rings. The van der Waals surface area contributed by atoms with Gasteiger partial charge in [0.15, 0.2) is 0 Å². The topological polar surface area (TPSA) is 49.6 Å². The standard InChI is InChI=1S/C25H27ClN4O/c1-17-15-25(2,3)29(4)23-14-21(26)18(13-20(17)23)16-27-28-24(31)19-9-5-6-10-22(19)30-11-7-8-12-30/h5-14,16-17H,15H2,1-4H3,(H,28,31)/b27-16-/t17-/m1/s1. The van der Waals surface area contributed by atoms with Gasteiger partial charge in [-0.2, -0.15) is 5.10 Å². The van der Waals surface area contributed by atoms with Crippen molar-refractivity contribution in [2.45, 2.75) is 38.6 Å². The monoisotopic (exact) mass is 434 g/mol. The normalized spacial score (nSPS) is 17.6. The van der Waals surface area contributed by atoms with Gasteiger partial charge in [0, 0.05) is 36.2 Å². The number of rotatable bonds is 4. The van der Waals surface area contributed by atoms with Crippen LogP contribution in [-0.4, -0.2) is 29.3 Å². The highest BCUT2D eigenvalue weighted by Crippen LogP contribution is 2.44. The molecule has 0 fully saturated rings. The molecule has 2 aromatic carbocycles. The first-order chi connectivity index (χ1) is 14.8. The second-order valence-corrected chi connectivity index (χ2v) is 9.12. The summed E-state index contributed by atoms with van der Waals surface area (Å²) in [6.45, 7) is 6.73. The molecule has 0 radical (unpaired) electrons. The summed E-state index contributed by atoms with van der Waals surface area (Å²) in [4.78, 5) is 15.0. The van der Waals surface area contributed by atoms with Crippen molar-refractivity contribution in [3.05, 3.63) is 82.6 Å². The number of hydrazone groups is 1. The number of aromatic nitrogens is 1. The van der Waals surface area contributed by atoms with E-state index >= 15 is 0 Å². The van der Waals surface area contributed by atoms with Crippen molar-refractivity contribution in [2.75, 3.05) is 11.9 Å². The van der Waals surface area contributed by atoms with E-state index in [1.807, 2.05) is 53.4 Å². The van der Waals surface area contributed by atoms with Crippen LogP contribution in [0.1, 0.15) is 54.6 Å². The summed E-state index contributed by atoms with van der Waals surface area (Å²) in [6, 6.07) is 15.3. The van der Waals surface area contributed by atoms with Crippen molar-refractivity contribution >= 4 is 29.4 Å². The number of para-hydroxylation sites is 1. The van der Waals surface area contributed by atoms with Crippen LogP contribution < -0.4 is 10.3 Å². The minimum absolute atomic E-state index is 0.0758. The number of carbonyl (C=O) groups is 1. The Morgan fingerprint density at radius 2 is 1.87 bits per heavy atom. The first-order valence-electron chi connectivity index (χ1n) is 10.4. The molecule has 1 amide bonds. The molecule has 0 saturated carbocycles. The summed E-state index contributed by atoms with van der Waals surface area (Å²) in [6.07, 6.45) is 6.48. The maximum Gasteiger partial charge on any atom is 0.273 e. The number of hydrogen-bond donors (Lipinski definition) is 1. The Bertz CT molecular complexity index is 1130. The zero-order valence-corrected chi connectivity index (χ0v) is 19.0. The van der Waals surface area contributed by atoms with Gasteiger partial charge in [0.05, 0.1) is 22.5 Å². The molecule has 3 aromatic rings. The van der Waals surface area contributed by atoms with Crippen molar-refractivity contribution < 1.29 is 4.79 Å². The molecule has 1 aliphatic heterocycles. The van der Waals surface area contributed by atoms with Crippen LogP contribution in [0.5, 0.6) is 0 Å². The summed E-state index contributed by atoms with van der Waals surface area (Å²) < 4.78 is 1.90. The molecule has 0 unspecified atom stereocenters. The van der Waals surface area contributed by atoms with Gasteiger partial charge in [-0.25, -0.2) is 5.43 Å². The van der Waals surface area contributed by atoms with E-state index in [9.17, 15) is 4.79 Å². The van der Waals surface area contributed by atoms with E-state index < -0.39 is 0 Å². The number of carbonyl (C=O) groups excluding carboxylic acids is 1. The van der Waals surface area contributed by atoms with Crippen LogP contribution >= 0.6 is 11.6 Å². The van der Waals surface area contributed by atoms with Gasteiger partial charge in [0.25, 0.3) is 5.91 Å². The van der Waals surface area contributed by atoms with Crippen LogP contribution in [0.15, 0.2) is 66.0 Å². The quantitative estimate of drug-likeness (QED) is 0.428. The maximum absolute atomic E-state index is 12.8. The highest BCUT2D eigenvalue weighted by atomic mass is 35.5. The van der Waals surface area contributed by atoms with Gasteiger partial charge in [-0.3, -0.25) is 4.79 Å². The summed E-state index contributed by atoms with van der Waals surface area (Å²) in [5, 5.41) is 4.80. The van der Waals surface area contributed by atoms with E-state index in [0.717, 1.165) is 23.4 Å². The highest BCUT2D eigenvalue weighted by molar-refractivity contribution is 6.33. The SMILES string of the molecule is C[C@@H]1CC(C)(C)N(C)c2cc(Cl)c(/C=N\NC(=O)c3ccccc3-n3cccc3)cc21. The minimum Gasteiger partial charge on any atom is -0.369 e. The molecule has 1 N–H and O–H groups in total. The Labute approximate surface area is 188 Å². The first-order valence-corrected chi connectivity index (χ1v) is 10.8. The van der Waals surface area contributed by atoms with E-state index in [0.29, 0.717) is 16.5 Å². The number of amides is 1. The van der Waals surface area contributed by atoms with Crippen LogP contribution in [0.4, 0.5) is 5.69 Å². The zero-order chi connectivity index (χ0) is 22.2. The molecule has 0 bridgehead atoms. The summed E-state index contributed by atoms with van der Waals surface area (Å²) in [7, 11) is 2.11. The predicted octanol–water partition coefficient (Wildman–Crippen LogP) is 5.62. The number of halogens is 1.